The molecule has 6 rings (SSSR count). The highest BCUT2D eigenvalue weighted by molar-refractivity contribution is 5.79. The van der Waals surface area contributed by atoms with Crippen LogP contribution in [0.25, 0.3) is 39.6 Å². The van der Waals surface area contributed by atoms with E-state index in [1.54, 1.807) is 20.7 Å². The third-order valence-corrected chi connectivity index (χ3v) is 7.37. The van der Waals surface area contributed by atoms with Gasteiger partial charge in [-0.2, -0.15) is 4.98 Å². The van der Waals surface area contributed by atoms with Crippen molar-refractivity contribution in [3.05, 3.63) is 103 Å². The monoisotopic (exact) mass is 509 g/mol. The van der Waals surface area contributed by atoms with Gasteiger partial charge in [0.2, 0.25) is 5.78 Å². The first-order chi connectivity index (χ1) is 18.2. The second-order valence-corrected chi connectivity index (χ2v) is 9.47. The summed E-state index contributed by atoms with van der Waals surface area (Å²) in [6.45, 7) is 3.98. The van der Waals surface area contributed by atoms with Crippen molar-refractivity contribution < 1.29 is 0 Å². The summed E-state index contributed by atoms with van der Waals surface area (Å²) in [5, 5.41) is 0. The SMILES string of the molecule is CCc1ccc(-c2cn3c4c(=O)n(C)c(=O)n(C)c4nc3n2-c2c(C)n(C)n(-c3ccccc3)c2=O)cc1. The fraction of sp³-hybridized carbons (Fsp3) is 0.214. The van der Waals surface area contributed by atoms with Crippen molar-refractivity contribution in [1.29, 1.82) is 0 Å². The molecule has 0 unspecified atom stereocenters. The number of rotatable bonds is 4. The Morgan fingerprint density at radius 2 is 1.53 bits per heavy atom. The molecule has 0 aliphatic rings. The van der Waals surface area contributed by atoms with E-state index in [1.165, 1.54) is 17.2 Å². The maximum atomic E-state index is 14.1. The summed E-state index contributed by atoms with van der Waals surface area (Å²) >= 11 is 0. The molecule has 4 heterocycles. The molecule has 0 spiro atoms. The number of fused-ring (bicyclic) bond motifs is 3. The normalized spacial score (nSPS) is 11.7. The van der Waals surface area contributed by atoms with Crippen LogP contribution in [0, 0.1) is 6.92 Å². The third kappa shape index (κ3) is 3.13. The lowest BCUT2D eigenvalue weighted by molar-refractivity contribution is 0.630. The summed E-state index contributed by atoms with van der Waals surface area (Å²) in [6, 6.07) is 17.5. The maximum absolute atomic E-state index is 14.1. The molecule has 4 aromatic heterocycles. The molecule has 10 nitrogen and oxygen atoms in total. The molecule has 10 heteroatoms. The zero-order valence-corrected chi connectivity index (χ0v) is 21.8. The Bertz CT molecular complexity index is 2050. The highest BCUT2D eigenvalue weighted by Crippen LogP contribution is 2.30. The third-order valence-electron chi connectivity index (χ3n) is 7.37. The number of para-hydroxylation sites is 1. The molecular formula is C28H27N7O3. The van der Waals surface area contributed by atoms with Crippen LogP contribution in [0.4, 0.5) is 0 Å². The minimum Gasteiger partial charge on any atom is -0.283 e. The van der Waals surface area contributed by atoms with Crippen LogP contribution in [0.15, 0.2) is 75.2 Å². The fourth-order valence-electron chi connectivity index (χ4n) is 5.12. The van der Waals surface area contributed by atoms with Gasteiger partial charge in [-0.1, -0.05) is 49.4 Å². The first-order valence-electron chi connectivity index (χ1n) is 12.4. The van der Waals surface area contributed by atoms with Crippen LogP contribution in [-0.2, 0) is 27.6 Å². The number of nitrogens with zero attached hydrogens (tertiary/aromatic N) is 7. The van der Waals surface area contributed by atoms with Gasteiger partial charge in [0.05, 0.1) is 17.1 Å². The summed E-state index contributed by atoms with van der Waals surface area (Å²) < 4.78 is 9.32. The van der Waals surface area contributed by atoms with Crippen LogP contribution in [0.3, 0.4) is 0 Å². The number of aromatic nitrogens is 7. The van der Waals surface area contributed by atoms with Crippen molar-refractivity contribution in [2.24, 2.45) is 21.1 Å². The van der Waals surface area contributed by atoms with E-state index in [9.17, 15) is 14.4 Å². The van der Waals surface area contributed by atoms with Gasteiger partial charge in [-0.25, -0.2) is 9.48 Å². The first kappa shape index (κ1) is 23.5. The van der Waals surface area contributed by atoms with E-state index in [0.29, 0.717) is 17.2 Å². The summed E-state index contributed by atoms with van der Waals surface area (Å²) in [6.07, 6.45) is 2.72. The molecule has 0 radical (unpaired) electrons. The van der Waals surface area contributed by atoms with Crippen molar-refractivity contribution in [3.63, 3.8) is 0 Å². The minimum absolute atomic E-state index is 0.227. The number of benzene rings is 2. The van der Waals surface area contributed by atoms with Crippen molar-refractivity contribution in [3.8, 4) is 22.6 Å². The highest BCUT2D eigenvalue weighted by atomic mass is 16.2. The zero-order valence-electron chi connectivity index (χ0n) is 21.8. The van der Waals surface area contributed by atoms with Crippen LogP contribution in [0.1, 0.15) is 18.2 Å². The van der Waals surface area contributed by atoms with Gasteiger partial charge in [0.1, 0.15) is 5.69 Å². The van der Waals surface area contributed by atoms with E-state index in [1.807, 2.05) is 67.3 Å². The van der Waals surface area contributed by atoms with Gasteiger partial charge in [0.25, 0.3) is 11.1 Å². The zero-order chi connectivity index (χ0) is 26.9. The van der Waals surface area contributed by atoms with E-state index in [2.05, 4.69) is 19.1 Å². The van der Waals surface area contributed by atoms with Gasteiger partial charge in [0, 0.05) is 32.9 Å². The molecule has 0 amide bonds. The van der Waals surface area contributed by atoms with Crippen molar-refractivity contribution in [2.45, 2.75) is 20.3 Å². The van der Waals surface area contributed by atoms with Crippen molar-refractivity contribution >= 4 is 16.9 Å². The van der Waals surface area contributed by atoms with Crippen LogP contribution in [-0.4, -0.2) is 32.4 Å². The lowest BCUT2D eigenvalue weighted by Gasteiger charge is -2.09. The average molecular weight is 510 g/mol. The largest absolute Gasteiger partial charge is 0.332 e. The maximum Gasteiger partial charge on any atom is 0.332 e. The van der Waals surface area contributed by atoms with Gasteiger partial charge in [-0.05, 0) is 31.0 Å². The molecule has 2 aromatic carbocycles. The Labute approximate surface area is 216 Å². The van der Waals surface area contributed by atoms with Gasteiger partial charge < -0.3 is 0 Å². The van der Waals surface area contributed by atoms with E-state index in [0.717, 1.165) is 27.9 Å². The average Bonchev–Trinajstić information content (AvgIpc) is 3.55. The standard InChI is InChI=1S/C28H27N7O3/c1-6-18-12-14-19(15-13-18)21-16-33-23-24(30(3)28(38)31(4)25(23)36)29-27(33)34(21)22-17(2)32(5)35(26(22)37)20-10-8-7-9-11-20/h7-16H,6H2,1-5H3. The summed E-state index contributed by atoms with van der Waals surface area (Å²) in [4.78, 5) is 44.7. The second kappa shape index (κ2) is 8.34. The quantitative estimate of drug-likeness (QED) is 0.365. The first-order valence-corrected chi connectivity index (χ1v) is 12.4. The Morgan fingerprint density at radius 3 is 2.18 bits per heavy atom. The Morgan fingerprint density at radius 1 is 0.842 bits per heavy atom. The summed E-state index contributed by atoms with van der Waals surface area (Å²) in [7, 11) is 4.87. The smallest absolute Gasteiger partial charge is 0.283 e. The van der Waals surface area contributed by atoms with Gasteiger partial charge in [0.15, 0.2) is 11.2 Å². The molecule has 0 bridgehead atoms. The predicted octanol–water partition coefficient (Wildman–Crippen LogP) is 2.70. The van der Waals surface area contributed by atoms with E-state index in [4.69, 9.17) is 4.98 Å². The fourth-order valence-corrected chi connectivity index (χ4v) is 5.12. The molecule has 192 valence electrons. The molecule has 0 atom stereocenters. The number of hydrogen-bond donors (Lipinski definition) is 0. The van der Waals surface area contributed by atoms with Crippen molar-refractivity contribution in [2.75, 3.05) is 0 Å². The second-order valence-electron chi connectivity index (χ2n) is 9.47. The van der Waals surface area contributed by atoms with Gasteiger partial charge in [-0.15, -0.1) is 0 Å². The highest BCUT2D eigenvalue weighted by Gasteiger charge is 2.26. The van der Waals surface area contributed by atoms with Crippen LogP contribution in [0.2, 0.25) is 0 Å². The minimum atomic E-state index is -0.465. The molecule has 6 aromatic rings. The van der Waals surface area contributed by atoms with Gasteiger partial charge >= 0.3 is 5.69 Å². The summed E-state index contributed by atoms with van der Waals surface area (Å²) in [5.74, 6) is 0.374. The van der Waals surface area contributed by atoms with Crippen molar-refractivity contribution in [1.82, 2.24) is 32.4 Å². The number of imidazole rings is 2. The molecule has 0 aliphatic carbocycles. The molecule has 0 fully saturated rings. The van der Waals surface area contributed by atoms with Crippen LogP contribution >= 0.6 is 0 Å². The number of aryl methyl sites for hydroxylation is 2. The van der Waals surface area contributed by atoms with Crippen LogP contribution < -0.4 is 16.8 Å². The Balaban J connectivity index is 1.78. The molecule has 0 saturated heterocycles. The lowest BCUT2D eigenvalue weighted by atomic mass is 10.1. The molecule has 0 aliphatic heterocycles. The molecule has 0 N–H and O–H groups in total. The molecular weight excluding hydrogens is 482 g/mol. The molecule has 0 saturated carbocycles. The lowest BCUT2D eigenvalue weighted by Crippen LogP contribution is -2.37. The predicted molar refractivity (Wildman–Crippen MR) is 147 cm³/mol. The number of hydrogen-bond acceptors (Lipinski definition) is 4. The van der Waals surface area contributed by atoms with E-state index in [-0.39, 0.29) is 16.7 Å². The Kier molecular flexibility index (Phi) is 5.16. The van der Waals surface area contributed by atoms with E-state index >= 15 is 0 Å². The van der Waals surface area contributed by atoms with Gasteiger partial charge in [-0.3, -0.25) is 32.4 Å². The Hall–Kier alpha value is -4.86. The molecule has 38 heavy (non-hydrogen) atoms. The van der Waals surface area contributed by atoms with E-state index < -0.39 is 11.2 Å². The van der Waals surface area contributed by atoms with Crippen LogP contribution in [0.5, 0.6) is 0 Å². The topological polar surface area (TPSA) is 93.2 Å². The summed E-state index contributed by atoms with van der Waals surface area (Å²) in [5.41, 5.74) is 4.02.